The molecule has 0 aliphatic heterocycles. The van der Waals surface area contributed by atoms with Gasteiger partial charge in [0.15, 0.2) is 0 Å². The summed E-state index contributed by atoms with van der Waals surface area (Å²) in [5, 5.41) is 0. The van der Waals surface area contributed by atoms with E-state index in [9.17, 15) is 4.79 Å². The standard InChI is InChI=1S/C9H9ClO2/c1-7(12-9(10)11)8-5-3-2-4-6-8/h2-7H,1H3. The fraction of sp³-hybridized carbons (Fsp3) is 0.222. The molecule has 3 heteroatoms. The van der Waals surface area contributed by atoms with E-state index in [2.05, 4.69) is 0 Å². The van der Waals surface area contributed by atoms with Crippen molar-refractivity contribution in [2.45, 2.75) is 13.0 Å². The second-order valence-electron chi connectivity index (χ2n) is 2.41. The highest BCUT2D eigenvalue weighted by Crippen LogP contribution is 2.16. The molecule has 1 unspecified atom stereocenters. The number of hydrogen-bond acceptors (Lipinski definition) is 2. The summed E-state index contributed by atoms with van der Waals surface area (Å²) in [6.45, 7) is 1.77. The number of rotatable bonds is 2. The molecule has 0 N–H and O–H groups in total. The van der Waals surface area contributed by atoms with Crippen LogP contribution in [0.3, 0.4) is 0 Å². The zero-order valence-corrected chi connectivity index (χ0v) is 7.41. The molecule has 0 aromatic heterocycles. The Morgan fingerprint density at radius 1 is 1.42 bits per heavy atom. The SMILES string of the molecule is CC(OC(=O)Cl)c1ccccc1. The van der Waals surface area contributed by atoms with E-state index in [0.29, 0.717) is 0 Å². The molecule has 0 aliphatic carbocycles. The average molecular weight is 185 g/mol. The van der Waals surface area contributed by atoms with Crippen molar-refractivity contribution in [1.29, 1.82) is 0 Å². The Morgan fingerprint density at radius 2 is 2.00 bits per heavy atom. The van der Waals surface area contributed by atoms with Gasteiger partial charge in [-0.15, -0.1) is 0 Å². The van der Waals surface area contributed by atoms with Gasteiger partial charge < -0.3 is 4.74 Å². The molecule has 0 aliphatic rings. The van der Waals surface area contributed by atoms with Crippen LogP contribution in [-0.2, 0) is 4.74 Å². The molecule has 0 radical (unpaired) electrons. The van der Waals surface area contributed by atoms with E-state index >= 15 is 0 Å². The van der Waals surface area contributed by atoms with Crippen molar-refractivity contribution in [3.63, 3.8) is 0 Å². The van der Waals surface area contributed by atoms with Crippen LogP contribution in [-0.4, -0.2) is 5.43 Å². The first-order valence-corrected chi connectivity index (χ1v) is 3.99. The van der Waals surface area contributed by atoms with Crippen molar-refractivity contribution in [1.82, 2.24) is 0 Å². The maximum atomic E-state index is 10.4. The molecule has 0 heterocycles. The summed E-state index contributed by atoms with van der Waals surface area (Å²) in [5.41, 5.74) is 0.165. The molecule has 2 nitrogen and oxygen atoms in total. The number of benzene rings is 1. The lowest BCUT2D eigenvalue weighted by molar-refractivity contribution is 0.132. The third-order valence-corrected chi connectivity index (χ3v) is 1.63. The van der Waals surface area contributed by atoms with Gasteiger partial charge in [0.2, 0.25) is 0 Å². The van der Waals surface area contributed by atoms with Crippen molar-refractivity contribution in [2.75, 3.05) is 0 Å². The third kappa shape index (κ3) is 2.55. The maximum absolute atomic E-state index is 10.4. The highest BCUT2D eigenvalue weighted by atomic mass is 35.5. The van der Waals surface area contributed by atoms with Gasteiger partial charge >= 0.3 is 5.43 Å². The molecule has 1 aromatic carbocycles. The number of hydrogen-bond donors (Lipinski definition) is 0. The lowest BCUT2D eigenvalue weighted by atomic mass is 10.1. The van der Waals surface area contributed by atoms with E-state index in [1.54, 1.807) is 6.92 Å². The van der Waals surface area contributed by atoms with Gasteiger partial charge in [-0.3, -0.25) is 0 Å². The molecular formula is C9H9ClO2. The Morgan fingerprint density at radius 3 is 2.50 bits per heavy atom. The largest absolute Gasteiger partial charge is 0.446 e. The minimum Gasteiger partial charge on any atom is -0.446 e. The highest BCUT2D eigenvalue weighted by molar-refractivity contribution is 6.61. The summed E-state index contributed by atoms with van der Waals surface area (Å²) >= 11 is 5.06. The van der Waals surface area contributed by atoms with Gasteiger partial charge in [0.05, 0.1) is 0 Å². The predicted molar refractivity (Wildman–Crippen MR) is 47.2 cm³/mol. The third-order valence-electron chi connectivity index (χ3n) is 1.54. The fourth-order valence-corrected chi connectivity index (χ4v) is 1.06. The van der Waals surface area contributed by atoms with Crippen LogP contribution in [0.5, 0.6) is 0 Å². The van der Waals surface area contributed by atoms with Gasteiger partial charge in [0.25, 0.3) is 0 Å². The number of ether oxygens (including phenoxy) is 1. The van der Waals surface area contributed by atoms with E-state index in [0.717, 1.165) is 5.56 Å². The number of carbonyl (C=O) groups is 1. The van der Waals surface area contributed by atoms with Gasteiger partial charge in [-0.25, -0.2) is 4.79 Å². The summed E-state index contributed by atoms with van der Waals surface area (Å²) in [4.78, 5) is 10.4. The first kappa shape index (κ1) is 9.07. The lowest BCUT2D eigenvalue weighted by Crippen LogP contribution is -2.01. The van der Waals surface area contributed by atoms with E-state index in [-0.39, 0.29) is 6.10 Å². The van der Waals surface area contributed by atoms with Crippen LogP contribution in [0.15, 0.2) is 30.3 Å². The molecule has 0 bridgehead atoms. The quantitative estimate of drug-likeness (QED) is 0.661. The molecule has 0 fully saturated rings. The second kappa shape index (κ2) is 4.12. The Bertz CT molecular complexity index is 258. The monoisotopic (exact) mass is 184 g/mol. The molecular weight excluding hydrogens is 176 g/mol. The number of halogens is 1. The minimum atomic E-state index is -0.772. The van der Waals surface area contributed by atoms with Crippen LogP contribution in [0.2, 0.25) is 0 Å². The van der Waals surface area contributed by atoms with Crippen molar-refractivity contribution >= 4 is 17.0 Å². The summed E-state index contributed by atoms with van der Waals surface area (Å²) in [6.07, 6.45) is -0.281. The molecule has 0 saturated carbocycles. The van der Waals surface area contributed by atoms with Crippen molar-refractivity contribution in [3.8, 4) is 0 Å². The zero-order chi connectivity index (χ0) is 8.97. The van der Waals surface area contributed by atoms with Gasteiger partial charge in [-0.1, -0.05) is 30.3 Å². The topological polar surface area (TPSA) is 26.3 Å². The molecule has 64 valence electrons. The van der Waals surface area contributed by atoms with Crippen molar-refractivity contribution in [3.05, 3.63) is 35.9 Å². The Hall–Kier alpha value is -1.02. The maximum Gasteiger partial charge on any atom is 0.404 e. The first-order valence-electron chi connectivity index (χ1n) is 3.61. The lowest BCUT2D eigenvalue weighted by Gasteiger charge is -2.09. The first-order chi connectivity index (χ1) is 5.70. The minimum absolute atomic E-state index is 0.281. The van der Waals surface area contributed by atoms with Crippen LogP contribution >= 0.6 is 11.6 Å². The van der Waals surface area contributed by atoms with E-state index in [4.69, 9.17) is 16.3 Å². The average Bonchev–Trinajstić information content (AvgIpc) is 2.05. The summed E-state index contributed by atoms with van der Waals surface area (Å²) < 4.78 is 4.76. The van der Waals surface area contributed by atoms with Gasteiger partial charge in [0.1, 0.15) is 6.10 Å². The Kier molecular flexibility index (Phi) is 3.11. The predicted octanol–water partition coefficient (Wildman–Crippen LogP) is 3.12. The van der Waals surface area contributed by atoms with Crippen LogP contribution in [0.4, 0.5) is 4.79 Å². The van der Waals surface area contributed by atoms with E-state index in [1.165, 1.54) is 0 Å². The fourth-order valence-electron chi connectivity index (χ4n) is 0.931. The van der Waals surface area contributed by atoms with Crippen LogP contribution in [0, 0.1) is 0 Å². The summed E-state index contributed by atoms with van der Waals surface area (Å²) in [5.74, 6) is 0. The Labute approximate surface area is 76.1 Å². The van der Waals surface area contributed by atoms with E-state index < -0.39 is 5.43 Å². The molecule has 1 atom stereocenters. The molecule has 12 heavy (non-hydrogen) atoms. The van der Waals surface area contributed by atoms with Crippen molar-refractivity contribution < 1.29 is 9.53 Å². The smallest absolute Gasteiger partial charge is 0.404 e. The van der Waals surface area contributed by atoms with Crippen LogP contribution in [0.25, 0.3) is 0 Å². The zero-order valence-electron chi connectivity index (χ0n) is 6.66. The van der Waals surface area contributed by atoms with Gasteiger partial charge in [-0.2, -0.15) is 0 Å². The Balaban J connectivity index is 2.65. The van der Waals surface area contributed by atoms with Crippen LogP contribution in [0.1, 0.15) is 18.6 Å². The molecule has 0 amide bonds. The van der Waals surface area contributed by atoms with Gasteiger partial charge in [-0.05, 0) is 12.5 Å². The molecule has 1 rings (SSSR count). The highest BCUT2D eigenvalue weighted by Gasteiger charge is 2.07. The molecule has 0 saturated heterocycles. The normalized spacial score (nSPS) is 12.2. The molecule has 0 spiro atoms. The second-order valence-corrected chi connectivity index (χ2v) is 2.72. The summed E-state index contributed by atoms with van der Waals surface area (Å²) in [6, 6.07) is 9.43. The number of carbonyl (C=O) groups excluding carboxylic acids is 1. The van der Waals surface area contributed by atoms with Crippen LogP contribution < -0.4 is 0 Å². The van der Waals surface area contributed by atoms with Gasteiger partial charge in [0, 0.05) is 11.6 Å². The van der Waals surface area contributed by atoms with Crippen molar-refractivity contribution in [2.24, 2.45) is 0 Å². The molecule has 1 aromatic rings. The summed E-state index contributed by atoms with van der Waals surface area (Å²) in [7, 11) is 0. The van der Waals surface area contributed by atoms with E-state index in [1.807, 2.05) is 30.3 Å².